The summed E-state index contributed by atoms with van der Waals surface area (Å²) in [6, 6.07) is 6.69. The van der Waals surface area contributed by atoms with E-state index in [4.69, 9.17) is 5.73 Å². The summed E-state index contributed by atoms with van der Waals surface area (Å²) in [6.45, 7) is 0. The van der Waals surface area contributed by atoms with Gasteiger partial charge in [0.25, 0.3) is 0 Å². The minimum atomic E-state index is -0.251. The van der Waals surface area contributed by atoms with E-state index in [2.05, 4.69) is 4.98 Å². The summed E-state index contributed by atoms with van der Waals surface area (Å²) in [5, 5.41) is 0. The molecule has 0 aliphatic carbocycles. The maximum Gasteiger partial charge on any atom is 0.144 e. The van der Waals surface area contributed by atoms with Gasteiger partial charge in [-0.1, -0.05) is 12.1 Å². The fourth-order valence-corrected chi connectivity index (χ4v) is 2.41. The van der Waals surface area contributed by atoms with Gasteiger partial charge in [0.05, 0.1) is 11.7 Å². The van der Waals surface area contributed by atoms with E-state index in [0.717, 1.165) is 25.0 Å². The molecule has 0 fully saturated rings. The number of nitrogens with two attached hydrogens (primary N) is 1. The lowest BCUT2D eigenvalue weighted by Crippen LogP contribution is -2.25. The van der Waals surface area contributed by atoms with Gasteiger partial charge < -0.3 is 10.3 Å². The molecule has 0 bridgehead atoms. The number of aromatic nitrogens is 2. The number of fused-ring (bicyclic) bond motifs is 1. The standard InChI is InChI=1S/C13H14FN3/c14-11-6-2-1-5-10(11)13-16-8-9-4-3-7-12(15)17(9)13/h1-2,5-6,8,12H,3-4,7,15H2. The highest BCUT2D eigenvalue weighted by Crippen LogP contribution is 2.29. The van der Waals surface area contributed by atoms with Gasteiger partial charge in [-0.15, -0.1) is 0 Å². The van der Waals surface area contributed by atoms with Crippen molar-refractivity contribution in [1.82, 2.24) is 9.55 Å². The van der Waals surface area contributed by atoms with Crippen LogP contribution in [0.15, 0.2) is 30.5 Å². The smallest absolute Gasteiger partial charge is 0.144 e. The van der Waals surface area contributed by atoms with Crippen LogP contribution in [0.5, 0.6) is 0 Å². The summed E-state index contributed by atoms with van der Waals surface area (Å²) < 4.78 is 15.7. The van der Waals surface area contributed by atoms with E-state index in [0.29, 0.717) is 11.4 Å². The van der Waals surface area contributed by atoms with E-state index < -0.39 is 0 Å². The highest BCUT2D eigenvalue weighted by atomic mass is 19.1. The highest BCUT2D eigenvalue weighted by Gasteiger charge is 2.22. The Kier molecular flexibility index (Phi) is 2.44. The number of imidazole rings is 1. The van der Waals surface area contributed by atoms with Gasteiger partial charge in [0, 0.05) is 11.9 Å². The molecule has 1 atom stereocenters. The normalized spacial score (nSPS) is 19.1. The van der Waals surface area contributed by atoms with Crippen molar-refractivity contribution in [1.29, 1.82) is 0 Å². The number of rotatable bonds is 1. The van der Waals surface area contributed by atoms with Crippen LogP contribution in [0.3, 0.4) is 0 Å². The molecule has 1 aromatic carbocycles. The summed E-state index contributed by atoms with van der Waals surface area (Å²) in [6.07, 6.45) is 4.68. The second kappa shape index (κ2) is 3.96. The lowest BCUT2D eigenvalue weighted by Gasteiger charge is -2.23. The molecular weight excluding hydrogens is 217 g/mol. The minimum absolute atomic E-state index is 0.0872. The van der Waals surface area contributed by atoms with Gasteiger partial charge in [0.2, 0.25) is 0 Å². The highest BCUT2D eigenvalue weighted by molar-refractivity contribution is 5.57. The zero-order valence-electron chi connectivity index (χ0n) is 9.44. The van der Waals surface area contributed by atoms with Gasteiger partial charge in [-0.25, -0.2) is 9.37 Å². The average Bonchev–Trinajstić information content (AvgIpc) is 2.75. The molecular formula is C13H14FN3. The fraction of sp³-hybridized carbons (Fsp3) is 0.308. The second-order valence-electron chi connectivity index (χ2n) is 4.38. The van der Waals surface area contributed by atoms with Crippen molar-refractivity contribution in [3.63, 3.8) is 0 Å². The summed E-state index contributed by atoms with van der Waals surface area (Å²) in [5.74, 6) is 0.393. The van der Waals surface area contributed by atoms with E-state index >= 15 is 0 Å². The number of benzene rings is 1. The largest absolute Gasteiger partial charge is 0.312 e. The molecule has 1 aromatic heterocycles. The van der Waals surface area contributed by atoms with Crippen LogP contribution < -0.4 is 5.73 Å². The molecule has 2 heterocycles. The summed E-state index contributed by atoms with van der Waals surface area (Å²) in [7, 11) is 0. The SMILES string of the molecule is NC1CCCc2cnc(-c3ccccc3F)n21. The van der Waals surface area contributed by atoms with E-state index in [1.165, 1.54) is 6.07 Å². The Balaban J connectivity index is 2.17. The van der Waals surface area contributed by atoms with Gasteiger partial charge in [-0.2, -0.15) is 0 Å². The molecule has 0 saturated heterocycles. The van der Waals surface area contributed by atoms with Crippen LogP contribution in [0.25, 0.3) is 11.4 Å². The van der Waals surface area contributed by atoms with Crippen molar-refractivity contribution in [2.24, 2.45) is 5.73 Å². The third-order valence-electron chi connectivity index (χ3n) is 3.25. The zero-order chi connectivity index (χ0) is 11.8. The van der Waals surface area contributed by atoms with Crippen molar-refractivity contribution in [3.05, 3.63) is 42.0 Å². The number of aryl methyl sites for hydroxylation is 1. The van der Waals surface area contributed by atoms with Gasteiger partial charge >= 0.3 is 0 Å². The molecule has 17 heavy (non-hydrogen) atoms. The van der Waals surface area contributed by atoms with E-state index in [1.54, 1.807) is 18.3 Å². The van der Waals surface area contributed by atoms with Gasteiger partial charge in [0.1, 0.15) is 11.6 Å². The molecule has 4 heteroatoms. The van der Waals surface area contributed by atoms with Crippen LogP contribution in [0.4, 0.5) is 4.39 Å². The third kappa shape index (κ3) is 1.65. The molecule has 2 N–H and O–H groups in total. The quantitative estimate of drug-likeness (QED) is 0.819. The van der Waals surface area contributed by atoms with Crippen molar-refractivity contribution in [3.8, 4) is 11.4 Å². The number of halogens is 1. The van der Waals surface area contributed by atoms with Crippen molar-refractivity contribution in [2.75, 3.05) is 0 Å². The van der Waals surface area contributed by atoms with Crippen LogP contribution in [0.2, 0.25) is 0 Å². The summed E-state index contributed by atoms with van der Waals surface area (Å²) >= 11 is 0. The summed E-state index contributed by atoms with van der Waals surface area (Å²) in [4.78, 5) is 4.32. The van der Waals surface area contributed by atoms with E-state index in [-0.39, 0.29) is 12.0 Å². The molecule has 3 rings (SSSR count). The van der Waals surface area contributed by atoms with E-state index in [1.807, 2.05) is 10.6 Å². The topological polar surface area (TPSA) is 43.8 Å². The Hall–Kier alpha value is -1.68. The Bertz CT molecular complexity index is 547. The Morgan fingerprint density at radius 3 is 3.00 bits per heavy atom. The fourth-order valence-electron chi connectivity index (χ4n) is 2.41. The van der Waals surface area contributed by atoms with Crippen LogP contribution in [-0.4, -0.2) is 9.55 Å². The predicted molar refractivity (Wildman–Crippen MR) is 63.8 cm³/mol. The van der Waals surface area contributed by atoms with E-state index in [9.17, 15) is 4.39 Å². The predicted octanol–water partition coefficient (Wildman–Crippen LogP) is 2.48. The Morgan fingerprint density at radius 2 is 2.18 bits per heavy atom. The van der Waals surface area contributed by atoms with Gasteiger partial charge in [-0.3, -0.25) is 0 Å². The van der Waals surface area contributed by atoms with Crippen molar-refractivity contribution < 1.29 is 4.39 Å². The Labute approximate surface area is 99.1 Å². The average molecular weight is 231 g/mol. The van der Waals surface area contributed by atoms with Crippen LogP contribution in [0, 0.1) is 5.82 Å². The van der Waals surface area contributed by atoms with Crippen LogP contribution >= 0.6 is 0 Å². The maximum atomic E-state index is 13.8. The van der Waals surface area contributed by atoms with Crippen LogP contribution in [0.1, 0.15) is 24.7 Å². The van der Waals surface area contributed by atoms with Gasteiger partial charge in [-0.05, 0) is 31.4 Å². The zero-order valence-corrected chi connectivity index (χ0v) is 9.44. The first-order chi connectivity index (χ1) is 8.27. The first-order valence-electron chi connectivity index (χ1n) is 5.84. The van der Waals surface area contributed by atoms with Crippen LogP contribution in [-0.2, 0) is 6.42 Å². The monoisotopic (exact) mass is 231 g/mol. The molecule has 1 unspecified atom stereocenters. The molecule has 0 amide bonds. The molecule has 3 nitrogen and oxygen atoms in total. The van der Waals surface area contributed by atoms with Gasteiger partial charge in [0.15, 0.2) is 0 Å². The molecule has 0 saturated carbocycles. The molecule has 0 spiro atoms. The lowest BCUT2D eigenvalue weighted by molar-refractivity contribution is 0.417. The first-order valence-corrected chi connectivity index (χ1v) is 5.84. The first kappa shape index (κ1) is 10.5. The minimum Gasteiger partial charge on any atom is -0.312 e. The summed E-state index contributed by atoms with van der Waals surface area (Å²) in [5.41, 5.74) is 7.70. The molecule has 88 valence electrons. The number of hydrogen-bond donors (Lipinski definition) is 1. The molecule has 2 aromatic rings. The second-order valence-corrected chi connectivity index (χ2v) is 4.38. The maximum absolute atomic E-state index is 13.8. The third-order valence-corrected chi connectivity index (χ3v) is 3.25. The van der Waals surface area contributed by atoms with Crippen molar-refractivity contribution >= 4 is 0 Å². The molecule has 1 aliphatic heterocycles. The Morgan fingerprint density at radius 1 is 1.35 bits per heavy atom. The number of hydrogen-bond acceptors (Lipinski definition) is 2. The molecule has 1 aliphatic rings. The van der Waals surface area contributed by atoms with Crippen molar-refractivity contribution in [2.45, 2.75) is 25.4 Å². The molecule has 0 radical (unpaired) electrons. The lowest BCUT2D eigenvalue weighted by atomic mass is 10.1. The number of nitrogens with zero attached hydrogens (tertiary/aromatic N) is 2.